The van der Waals surface area contributed by atoms with Gasteiger partial charge in [-0.05, 0) is 42.5 Å². The van der Waals surface area contributed by atoms with Crippen LogP contribution in [0.2, 0.25) is 0 Å². The molecule has 0 unspecified atom stereocenters. The highest BCUT2D eigenvalue weighted by molar-refractivity contribution is 6.09. The Morgan fingerprint density at radius 1 is 0.857 bits per heavy atom. The molecule has 0 fully saturated rings. The first kappa shape index (κ1) is 15.0. The minimum atomic E-state index is -4.83. The Labute approximate surface area is 115 Å². The summed E-state index contributed by atoms with van der Waals surface area (Å²) in [4.78, 5) is 12.0. The summed E-state index contributed by atoms with van der Waals surface area (Å²) in [5, 5.41) is 0. The van der Waals surface area contributed by atoms with Gasteiger partial charge in [0.05, 0.1) is 0 Å². The van der Waals surface area contributed by atoms with Gasteiger partial charge in [-0.25, -0.2) is 8.78 Å². The predicted molar refractivity (Wildman–Crippen MR) is 62.9 cm³/mol. The molecule has 0 radical (unpaired) electrons. The summed E-state index contributed by atoms with van der Waals surface area (Å²) in [6, 6.07) is 6.72. The Morgan fingerprint density at radius 2 is 1.43 bits per heavy atom. The average Bonchev–Trinajstić information content (AvgIpc) is 2.40. The van der Waals surface area contributed by atoms with E-state index in [-0.39, 0.29) is 11.1 Å². The number of halogens is 5. The number of rotatable bonds is 3. The second kappa shape index (κ2) is 5.51. The lowest BCUT2D eigenvalue weighted by atomic mass is 10.0. The Hall–Kier alpha value is -2.44. The summed E-state index contributed by atoms with van der Waals surface area (Å²) in [6.07, 6.45) is -4.83. The van der Waals surface area contributed by atoms with Crippen molar-refractivity contribution in [1.82, 2.24) is 0 Å². The van der Waals surface area contributed by atoms with Crippen molar-refractivity contribution in [3.8, 4) is 5.75 Å². The molecular formula is C14H7F5O2. The zero-order valence-corrected chi connectivity index (χ0v) is 10.2. The quantitative estimate of drug-likeness (QED) is 0.630. The minimum Gasteiger partial charge on any atom is -0.406 e. The molecule has 110 valence electrons. The summed E-state index contributed by atoms with van der Waals surface area (Å²) >= 11 is 0. The number of hydrogen-bond acceptors (Lipinski definition) is 2. The molecule has 0 bridgehead atoms. The normalized spacial score (nSPS) is 11.3. The molecule has 0 aromatic heterocycles. The van der Waals surface area contributed by atoms with Gasteiger partial charge in [0.1, 0.15) is 5.75 Å². The molecule has 0 amide bonds. The third kappa shape index (κ3) is 3.77. The lowest BCUT2D eigenvalue weighted by Crippen LogP contribution is -2.17. The van der Waals surface area contributed by atoms with Crippen LogP contribution in [0.4, 0.5) is 22.0 Å². The molecule has 2 aromatic carbocycles. The van der Waals surface area contributed by atoms with Crippen molar-refractivity contribution in [3.63, 3.8) is 0 Å². The Morgan fingerprint density at radius 3 is 1.95 bits per heavy atom. The molecule has 0 aliphatic carbocycles. The largest absolute Gasteiger partial charge is 0.573 e. The van der Waals surface area contributed by atoms with E-state index in [1.807, 2.05) is 0 Å². The number of hydrogen-bond donors (Lipinski definition) is 0. The Bertz CT molecular complexity index is 662. The van der Waals surface area contributed by atoms with Crippen LogP contribution in [0.5, 0.6) is 5.75 Å². The third-order valence-corrected chi connectivity index (χ3v) is 2.53. The second-order valence-electron chi connectivity index (χ2n) is 4.03. The maximum absolute atomic E-state index is 13.0. The van der Waals surface area contributed by atoms with Gasteiger partial charge < -0.3 is 4.74 Å². The van der Waals surface area contributed by atoms with Crippen LogP contribution >= 0.6 is 0 Å². The Kier molecular flexibility index (Phi) is 3.93. The van der Waals surface area contributed by atoms with E-state index < -0.39 is 29.5 Å². The van der Waals surface area contributed by atoms with Crippen molar-refractivity contribution in [2.75, 3.05) is 0 Å². The molecule has 0 N–H and O–H groups in total. The summed E-state index contributed by atoms with van der Waals surface area (Å²) in [5.41, 5.74) is -0.0890. The summed E-state index contributed by atoms with van der Waals surface area (Å²) < 4.78 is 65.4. The SMILES string of the molecule is O=C(c1ccc(OC(F)(F)F)cc1)c1ccc(F)c(F)c1. The van der Waals surface area contributed by atoms with Gasteiger partial charge in [0, 0.05) is 11.1 Å². The average molecular weight is 302 g/mol. The molecule has 2 nitrogen and oxygen atoms in total. The fourth-order valence-corrected chi connectivity index (χ4v) is 1.61. The second-order valence-corrected chi connectivity index (χ2v) is 4.03. The first-order valence-corrected chi connectivity index (χ1v) is 5.62. The van der Waals surface area contributed by atoms with Gasteiger partial charge >= 0.3 is 6.36 Å². The number of carbonyl (C=O) groups excluding carboxylic acids is 1. The van der Waals surface area contributed by atoms with Crippen LogP contribution < -0.4 is 4.74 Å². The number of alkyl halides is 3. The maximum atomic E-state index is 13.0. The van der Waals surface area contributed by atoms with E-state index in [9.17, 15) is 26.7 Å². The zero-order valence-electron chi connectivity index (χ0n) is 10.2. The van der Waals surface area contributed by atoms with Crippen LogP contribution in [0.3, 0.4) is 0 Å². The van der Waals surface area contributed by atoms with E-state index in [1.54, 1.807) is 0 Å². The predicted octanol–water partition coefficient (Wildman–Crippen LogP) is 4.09. The van der Waals surface area contributed by atoms with Crippen LogP contribution in [0, 0.1) is 11.6 Å². The van der Waals surface area contributed by atoms with Gasteiger partial charge in [0.15, 0.2) is 17.4 Å². The lowest BCUT2D eigenvalue weighted by Gasteiger charge is -2.09. The molecule has 0 aliphatic rings. The molecule has 0 atom stereocenters. The summed E-state index contributed by atoms with van der Waals surface area (Å²) in [6.45, 7) is 0. The number of carbonyl (C=O) groups is 1. The molecule has 7 heteroatoms. The van der Waals surface area contributed by atoms with E-state index in [1.165, 1.54) is 0 Å². The molecule has 0 spiro atoms. The molecule has 2 aromatic rings. The topological polar surface area (TPSA) is 26.3 Å². The van der Waals surface area contributed by atoms with Crippen molar-refractivity contribution in [2.45, 2.75) is 6.36 Å². The molecule has 2 rings (SSSR count). The van der Waals surface area contributed by atoms with E-state index >= 15 is 0 Å². The fraction of sp³-hybridized carbons (Fsp3) is 0.0714. The van der Waals surface area contributed by atoms with Crippen molar-refractivity contribution in [2.24, 2.45) is 0 Å². The van der Waals surface area contributed by atoms with Gasteiger partial charge in [-0.15, -0.1) is 13.2 Å². The van der Waals surface area contributed by atoms with Crippen LogP contribution in [-0.2, 0) is 0 Å². The van der Waals surface area contributed by atoms with Gasteiger partial charge in [0.25, 0.3) is 0 Å². The van der Waals surface area contributed by atoms with E-state index in [4.69, 9.17) is 0 Å². The molecule has 21 heavy (non-hydrogen) atoms. The minimum absolute atomic E-state index is 0.0236. The third-order valence-electron chi connectivity index (χ3n) is 2.53. The molecular weight excluding hydrogens is 295 g/mol. The molecule has 0 saturated heterocycles. The number of benzene rings is 2. The monoisotopic (exact) mass is 302 g/mol. The van der Waals surface area contributed by atoms with Gasteiger partial charge in [-0.3, -0.25) is 4.79 Å². The highest BCUT2D eigenvalue weighted by Gasteiger charge is 2.31. The van der Waals surface area contributed by atoms with E-state index in [0.29, 0.717) is 0 Å². The van der Waals surface area contributed by atoms with Crippen LogP contribution in [0.15, 0.2) is 42.5 Å². The van der Waals surface area contributed by atoms with Crippen LogP contribution in [0.1, 0.15) is 15.9 Å². The van der Waals surface area contributed by atoms with Crippen molar-refractivity contribution in [1.29, 1.82) is 0 Å². The first-order chi connectivity index (χ1) is 9.76. The van der Waals surface area contributed by atoms with Gasteiger partial charge in [-0.2, -0.15) is 0 Å². The molecule has 0 heterocycles. The van der Waals surface area contributed by atoms with Crippen molar-refractivity contribution < 1.29 is 31.5 Å². The Balaban J connectivity index is 2.22. The van der Waals surface area contributed by atoms with Crippen molar-refractivity contribution in [3.05, 3.63) is 65.2 Å². The van der Waals surface area contributed by atoms with Crippen molar-refractivity contribution >= 4 is 5.78 Å². The zero-order chi connectivity index (χ0) is 15.6. The maximum Gasteiger partial charge on any atom is 0.573 e. The number of ketones is 1. The smallest absolute Gasteiger partial charge is 0.406 e. The fourth-order valence-electron chi connectivity index (χ4n) is 1.61. The highest BCUT2D eigenvalue weighted by atomic mass is 19.4. The number of ether oxygens (including phenoxy) is 1. The summed E-state index contributed by atoms with van der Waals surface area (Å²) in [7, 11) is 0. The summed E-state index contributed by atoms with van der Waals surface area (Å²) in [5.74, 6) is -3.41. The standard InChI is InChI=1S/C14H7F5O2/c15-11-6-3-9(7-12(11)16)13(20)8-1-4-10(5-2-8)21-14(17,18)19/h1-7H. The highest BCUT2D eigenvalue weighted by Crippen LogP contribution is 2.23. The molecule has 0 saturated carbocycles. The first-order valence-electron chi connectivity index (χ1n) is 5.62. The van der Waals surface area contributed by atoms with Gasteiger partial charge in [-0.1, -0.05) is 0 Å². The van der Waals surface area contributed by atoms with Crippen LogP contribution in [-0.4, -0.2) is 12.1 Å². The van der Waals surface area contributed by atoms with Crippen LogP contribution in [0.25, 0.3) is 0 Å². The lowest BCUT2D eigenvalue weighted by molar-refractivity contribution is -0.274. The van der Waals surface area contributed by atoms with Gasteiger partial charge in [0.2, 0.25) is 0 Å². The van der Waals surface area contributed by atoms with E-state index in [2.05, 4.69) is 4.74 Å². The molecule has 0 aliphatic heterocycles. The van der Waals surface area contributed by atoms with E-state index in [0.717, 1.165) is 42.5 Å².